The number of nitrogens with zero attached hydrogens (tertiary/aromatic N) is 5. The topological polar surface area (TPSA) is 123 Å². The minimum Gasteiger partial charge on any atom is -0.368 e. The summed E-state index contributed by atoms with van der Waals surface area (Å²) in [5.41, 5.74) is 8.52. The van der Waals surface area contributed by atoms with Gasteiger partial charge in [0.05, 0.1) is 11.4 Å². The Morgan fingerprint density at radius 2 is 1.89 bits per heavy atom. The fourth-order valence-electron chi connectivity index (χ4n) is 2.70. The van der Waals surface area contributed by atoms with Crippen LogP contribution in [-0.2, 0) is 0 Å². The molecule has 0 spiro atoms. The average molecular weight is 378 g/mol. The van der Waals surface area contributed by atoms with E-state index >= 15 is 0 Å². The van der Waals surface area contributed by atoms with Gasteiger partial charge in [0.2, 0.25) is 5.95 Å². The maximum Gasteiger partial charge on any atom is 0.324 e. The maximum atomic E-state index is 13.7. The van der Waals surface area contributed by atoms with Gasteiger partial charge in [-0.25, -0.2) is 9.18 Å². The number of urea groups is 1. The summed E-state index contributed by atoms with van der Waals surface area (Å²) in [5.74, 6) is -0.0887. The van der Waals surface area contributed by atoms with Gasteiger partial charge in [0.1, 0.15) is 11.5 Å². The molecule has 3 heterocycles. The van der Waals surface area contributed by atoms with Gasteiger partial charge in [-0.1, -0.05) is 12.1 Å². The molecule has 0 atom stereocenters. The molecule has 0 unspecified atom stereocenters. The van der Waals surface area contributed by atoms with Crippen molar-refractivity contribution < 1.29 is 9.18 Å². The number of aromatic nitrogens is 5. The molecule has 0 aliphatic heterocycles. The van der Waals surface area contributed by atoms with E-state index in [1.54, 1.807) is 47.7 Å². The molecule has 4 aromatic rings. The van der Waals surface area contributed by atoms with E-state index in [1.165, 1.54) is 12.1 Å². The summed E-state index contributed by atoms with van der Waals surface area (Å²) in [4.78, 5) is 12.1. The van der Waals surface area contributed by atoms with Crippen molar-refractivity contribution in [1.29, 1.82) is 0 Å². The molecule has 28 heavy (non-hydrogen) atoms. The first-order chi connectivity index (χ1) is 13.5. The van der Waals surface area contributed by atoms with Crippen molar-refractivity contribution >= 4 is 29.1 Å². The second kappa shape index (κ2) is 6.91. The zero-order valence-corrected chi connectivity index (χ0v) is 14.7. The third kappa shape index (κ3) is 3.30. The van der Waals surface area contributed by atoms with E-state index in [4.69, 9.17) is 5.73 Å². The van der Waals surface area contributed by atoms with Crippen LogP contribution < -0.4 is 16.4 Å². The number of aryl methyl sites for hydroxylation is 1. The lowest BCUT2D eigenvalue weighted by molar-refractivity contribution is 0.262. The molecule has 0 bridgehead atoms. The van der Waals surface area contributed by atoms with Crippen LogP contribution in [0.25, 0.3) is 17.0 Å². The quantitative estimate of drug-likeness (QED) is 0.504. The van der Waals surface area contributed by atoms with Crippen LogP contribution in [-0.4, -0.2) is 30.8 Å². The predicted octanol–water partition coefficient (Wildman–Crippen LogP) is 2.86. The lowest BCUT2D eigenvalue weighted by Gasteiger charge is -2.09. The number of pyridine rings is 1. The van der Waals surface area contributed by atoms with Crippen molar-refractivity contribution in [3.05, 3.63) is 59.9 Å². The fraction of sp³-hybridized carbons (Fsp3) is 0.0556. The van der Waals surface area contributed by atoms with Gasteiger partial charge in [-0.2, -0.15) is 0 Å². The van der Waals surface area contributed by atoms with Crippen LogP contribution in [0, 0.1) is 12.7 Å². The summed E-state index contributed by atoms with van der Waals surface area (Å²) in [5, 5.41) is 20.9. The van der Waals surface area contributed by atoms with E-state index in [-0.39, 0.29) is 17.5 Å². The summed E-state index contributed by atoms with van der Waals surface area (Å²) in [7, 11) is 0. The van der Waals surface area contributed by atoms with Gasteiger partial charge in [0, 0.05) is 0 Å². The smallest absolute Gasteiger partial charge is 0.324 e. The number of hydrogen-bond donors (Lipinski definition) is 3. The molecule has 4 rings (SSSR count). The number of carbonyl (C=O) groups is 1. The SMILES string of the molecule is Cc1ccc(F)c(NC(=O)Nc2ccc(-c3cccc4nnc(N)n34)nn2)c1. The molecule has 0 aliphatic carbocycles. The Morgan fingerprint density at radius 1 is 1.04 bits per heavy atom. The van der Waals surface area contributed by atoms with Gasteiger partial charge < -0.3 is 11.1 Å². The van der Waals surface area contributed by atoms with Gasteiger partial charge in [-0.05, 0) is 48.9 Å². The van der Waals surface area contributed by atoms with E-state index < -0.39 is 11.8 Å². The number of benzene rings is 1. The number of hydrogen-bond acceptors (Lipinski definition) is 6. The molecule has 3 aromatic heterocycles. The Bertz CT molecular complexity index is 1170. The molecule has 9 nitrogen and oxygen atoms in total. The number of carbonyl (C=O) groups excluding carboxylic acids is 1. The van der Waals surface area contributed by atoms with E-state index in [1.807, 2.05) is 0 Å². The van der Waals surface area contributed by atoms with E-state index in [2.05, 4.69) is 31.0 Å². The molecule has 0 aliphatic rings. The molecule has 10 heteroatoms. The first-order valence-corrected chi connectivity index (χ1v) is 8.29. The van der Waals surface area contributed by atoms with Crippen molar-refractivity contribution in [1.82, 2.24) is 24.8 Å². The summed E-state index contributed by atoms with van der Waals surface area (Å²) in [6.45, 7) is 1.80. The van der Waals surface area contributed by atoms with E-state index in [0.29, 0.717) is 17.0 Å². The molecular formula is C18H15FN8O. The number of fused-ring (bicyclic) bond motifs is 1. The second-order valence-electron chi connectivity index (χ2n) is 6.03. The Kier molecular flexibility index (Phi) is 4.28. The highest BCUT2D eigenvalue weighted by Crippen LogP contribution is 2.21. The highest BCUT2D eigenvalue weighted by atomic mass is 19.1. The molecule has 2 amide bonds. The van der Waals surface area contributed by atoms with Crippen LogP contribution >= 0.6 is 0 Å². The monoisotopic (exact) mass is 378 g/mol. The van der Waals surface area contributed by atoms with Crippen molar-refractivity contribution in [2.45, 2.75) is 6.92 Å². The number of amides is 2. The standard InChI is InChI=1S/C18H15FN8O/c1-10-5-6-11(19)13(9-10)21-18(28)22-15-8-7-12(23-24-15)14-3-2-4-16-25-26-17(20)27(14)16/h2-9H,1H3,(H2,20,26)(H2,21,22,24,28). The third-order valence-electron chi connectivity index (χ3n) is 3.99. The molecule has 0 radical (unpaired) electrons. The molecule has 1 aromatic carbocycles. The lowest BCUT2D eigenvalue weighted by atomic mass is 10.2. The number of anilines is 3. The van der Waals surface area contributed by atoms with Gasteiger partial charge in [-0.15, -0.1) is 20.4 Å². The predicted molar refractivity (Wildman–Crippen MR) is 102 cm³/mol. The largest absolute Gasteiger partial charge is 0.368 e. The van der Waals surface area contributed by atoms with Crippen LogP contribution in [0.4, 0.5) is 26.6 Å². The first-order valence-electron chi connectivity index (χ1n) is 8.29. The highest BCUT2D eigenvalue weighted by molar-refractivity contribution is 5.99. The summed E-state index contributed by atoms with van der Waals surface area (Å²) < 4.78 is 15.4. The number of nitrogens with one attached hydrogen (secondary N) is 2. The van der Waals surface area contributed by atoms with Gasteiger partial charge in [0.25, 0.3) is 0 Å². The van der Waals surface area contributed by atoms with Crippen LogP contribution in [0.3, 0.4) is 0 Å². The zero-order valence-electron chi connectivity index (χ0n) is 14.7. The lowest BCUT2D eigenvalue weighted by Crippen LogP contribution is -2.21. The van der Waals surface area contributed by atoms with Gasteiger partial charge in [-0.3, -0.25) is 9.72 Å². The van der Waals surface area contributed by atoms with Crippen molar-refractivity contribution in [2.24, 2.45) is 0 Å². The Hall–Kier alpha value is -4.08. The number of nitrogen functional groups attached to an aromatic ring is 1. The fourth-order valence-corrected chi connectivity index (χ4v) is 2.70. The van der Waals surface area contributed by atoms with Crippen LogP contribution in [0.5, 0.6) is 0 Å². The molecule has 0 saturated heterocycles. The maximum absolute atomic E-state index is 13.7. The second-order valence-corrected chi connectivity index (χ2v) is 6.03. The highest BCUT2D eigenvalue weighted by Gasteiger charge is 2.12. The summed E-state index contributed by atoms with van der Waals surface area (Å²) in [6, 6.07) is 12.4. The summed E-state index contributed by atoms with van der Waals surface area (Å²) in [6.07, 6.45) is 0. The molecular weight excluding hydrogens is 363 g/mol. The normalized spacial score (nSPS) is 10.8. The van der Waals surface area contributed by atoms with Crippen LogP contribution in [0.1, 0.15) is 5.56 Å². The van der Waals surface area contributed by atoms with E-state index in [9.17, 15) is 9.18 Å². The first kappa shape index (κ1) is 17.3. The Morgan fingerprint density at radius 3 is 2.68 bits per heavy atom. The number of halogens is 1. The van der Waals surface area contributed by atoms with Crippen molar-refractivity contribution in [2.75, 3.05) is 16.4 Å². The molecule has 4 N–H and O–H groups in total. The number of rotatable bonds is 3. The van der Waals surface area contributed by atoms with Crippen LogP contribution in [0.2, 0.25) is 0 Å². The molecule has 0 fully saturated rings. The van der Waals surface area contributed by atoms with E-state index in [0.717, 1.165) is 5.56 Å². The summed E-state index contributed by atoms with van der Waals surface area (Å²) >= 11 is 0. The zero-order chi connectivity index (χ0) is 19.7. The van der Waals surface area contributed by atoms with Gasteiger partial charge >= 0.3 is 6.03 Å². The Balaban J connectivity index is 1.52. The minimum absolute atomic E-state index is 0.0804. The average Bonchev–Trinajstić information content (AvgIpc) is 3.07. The molecule has 0 saturated carbocycles. The third-order valence-corrected chi connectivity index (χ3v) is 3.99. The Labute approximate surface area is 158 Å². The minimum atomic E-state index is -0.628. The molecule has 140 valence electrons. The van der Waals surface area contributed by atoms with Crippen LogP contribution in [0.15, 0.2) is 48.5 Å². The van der Waals surface area contributed by atoms with Gasteiger partial charge in [0.15, 0.2) is 11.5 Å². The van der Waals surface area contributed by atoms with Crippen molar-refractivity contribution in [3.8, 4) is 11.4 Å². The van der Waals surface area contributed by atoms with Crippen molar-refractivity contribution in [3.63, 3.8) is 0 Å². The number of nitrogens with two attached hydrogens (primary N) is 1.